The number of aliphatic hydroxyl groups excluding tert-OH is 1. The van der Waals surface area contributed by atoms with E-state index < -0.39 is 17.7 Å². The van der Waals surface area contributed by atoms with Gasteiger partial charge in [0.1, 0.15) is 11.5 Å². The summed E-state index contributed by atoms with van der Waals surface area (Å²) in [5.74, 6) is -0.666. The van der Waals surface area contributed by atoms with Crippen molar-refractivity contribution in [3.05, 3.63) is 88.5 Å². The molecule has 41 heavy (non-hydrogen) atoms. The molecular formula is C33H36N4O4. The summed E-state index contributed by atoms with van der Waals surface area (Å²) in [7, 11) is 1.61. The van der Waals surface area contributed by atoms with E-state index in [1.807, 2.05) is 81.4 Å². The molecule has 1 aliphatic rings. The van der Waals surface area contributed by atoms with E-state index in [1.54, 1.807) is 7.11 Å². The largest absolute Gasteiger partial charge is 0.507 e. The maximum absolute atomic E-state index is 13.7. The van der Waals surface area contributed by atoms with Gasteiger partial charge in [0.05, 0.1) is 29.8 Å². The number of methoxy groups -OCH3 is 1. The fraction of sp³-hybridized carbons (Fsp3) is 0.303. The molecule has 0 bridgehead atoms. The molecule has 1 unspecified atom stereocenters. The number of aryl methyl sites for hydroxylation is 1. The lowest BCUT2D eigenvalue weighted by atomic mass is 9.91. The minimum atomic E-state index is -0.884. The molecular weight excluding hydrogens is 516 g/mol. The van der Waals surface area contributed by atoms with Crippen molar-refractivity contribution in [1.29, 1.82) is 0 Å². The number of H-pyrrole nitrogens is 1. The molecule has 1 fully saturated rings. The third-order valence-electron chi connectivity index (χ3n) is 7.84. The number of aromatic nitrogens is 2. The van der Waals surface area contributed by atoms with E-state index in [9.17, 15) is 14.7 Å². The third kappa shape index (κ3) is 4.84. The molecule has 1 atom stereocenters. The highest BCUT2D eigenvalue weighted by Gasteiger charge is 2.48. The van der Waals surface area contributed by atoms with Gasteiger partial charge in [0.15, 0.2) is 0 Å². The second kappa shape index (κ2) is 11.1. The predicted molar refractivity (Wildman–Crippen MR) is 163 cm³/mol. The van der Waals surface area contributed by atoms with Crippen LogP contribution in [0.5, 0.6) is 5.75 Å². The zero-order valence-electron chi connectivity index (χ0n) is 24.4. The Morgan fingerprint density at radius 1 is 1.07 bits per heavy atom. The van der Waals surface area contributed by atoms with Gasteiger partial charge in [-0.1, -0.05) is 38.1 Å². The normalized spacial score (nSPS) is 16.7. The summed E-state index contributed by atoms with van der Waals surface area (Å²) in [4.78, 5) is 38.8. The van der Waals surface area contributed by atoms with Crippen molar-refractivity contribution in [3.8, 4) is 5.75 Å². The molecule has 3 aromatic carbocycles. The van der Waals surface area contributed by atoms with Crippen molar-refractivity contribution in [3.63, 3.8) is 0 Å². The van der Waals surface area contributed by atoms with E-state index in [-0.39, 0.29) is 23.2 Å². The SMILES string of the molecule is CCN(CC)c1ccc(C2/C(=C(\O)c3cc(C(C)C)c(OC)cc3C)C(=O)C(=O)N2c2nc3ccccc3[nH]2)cc1. The molecule has 0 saturated carbocycles. The van der Waals surface area contributed by atoms with Gasteiger partial charge in [-0.2, -0.15) is 0 Å². The topological polar surface area (TPSA) is 98.8 Å². The monoisotopic (exact) mass is 552 g/mol. The van der Waals surface area contributed by atoms with Crippen LogP contribution in [0, 0.1) is 6.92 Å². The first-order valence-electron chi connectivity index (χ1n) is 14.0. The molecule has 1 saturated heterocycles. The Balaban J connectivity index is 1.73. The van der Waals surface area contributed by atoms with Crippen LogP contribution in [-0.2, 0) is 9.59 Å². The maximum Gasteiger partial charge on any atom is 0.302 e. The number of Topliss-reactive ketones (excluding diaryl/α,β-unsaturated/α-hetero) is 1. The molecule has 8 heteroatoms. The van der Waals surface area contributed by atoms with Crippen LogP contribution >= 0.6 is 0 Å². The van der Waals surface area contributed by atoms with Crippen molar-refractivity contribution in [2.75, 3.05) is 30.0 Å². The number of anilines is 2. The first kappa shape index (κ1) is 28.0. The number of aromatic amines is 1. The summed E-state index contributed by atoms with van der Waals surface area (Å²) in [6.07, 6.45) is 0. The van der Waals surface area contributed by atoms with Crippen LogP contribution in [0.3, 0.4) is 0 Å². The quantitative estimate of drug-likeness (QED) is 0.148. The van der Waals surface area contributed by atoms with E-state index >= 15 is 0 Å². The Bertz CT molecular complexity index is 1610. The Morgan fingerprint density at radius 3 is 2.37 bits per heavy atom. The molecule has 2 N–H and O–H groups in total. The number of carbonyl (C=O) groups is 2. The fourth-order valence-corrected chi connectivity index (χ4v) is 5.60. The Morgan fingerprint density at radius 2 is 1.76 bits per heavy atom. The van der Waals surface area contributed by atoms with Gasteiger partial charge in [0, 0.05) is 24.3 Å². The zero-order valence-corrected chi connectivity index (χ0v) is 24.4. The lowest BCUT2D eigenvalue weighted by molar-refractivity contribution is -0.132. The Kier molecular flexibility index (Phi) is 7.58. The number of aliphatic hydroxyl groups is 1. The lowest BCUT2D eigenvalue weighted by Gasteiger charge is -2.25. The number of hydrogen-bond acceptors (Lipinski definition) is 6. The van der Waals surface area contributed by atoms with Gasteiger partial charge >= 0.3 is 5.91 Å². The van der Waals surface area contributed by atoms with Crippen LogP contribution in [0.2, 0.25) is 0 Å². The van der Waals surface area contributed by atoms with E-state index in [0.29, 0.717) is 22.4 Å². The zero-order chi connectivity index (χ0) is 29.4. The molecule has 1 aromatic heterocycles. The number of rotatable bonds is 8. The minimum Gasteiger partial charge on any atom is -0.507 e. The number of hydrogen-bond donors (Lipinski definition) is 2. The van der Waals surface area contributed by atoms with Crippen molar-refractivity contribution in [2.45, 2.75) is 46.6 Å². The van der Waals surface area contributed by atoms with Crippen molar-refractivity contribution >= 4 is 40.1 Å². The van der Waals surface area contributed by atoms with Crippen LogP contribution in [0.15, 0.2) is 66.2 Å². The number of ether oxygens (including phenoxy) is 1. The van der Waals surface area contributed by atoms with Crippen LogP contribution in [0.1, 0.15) is 61.9 Å². The third-order valence-corrected chi connectivity index (χ3v) is 7.84. The van der Waals surface area contributed by atoms with Crippen molar-refractivity contribution < 1.29 is 19.4 Å². The molecule has 212 valence electrons. The summed E-state index contributed by atoms with van der Waals surface area (Å²) in [5, 5.41) is 11.8. The first-order valence-corrected chi connectivity index (χ1v) is 14.0. The van der Waals surface area contributed by atoms with Gasteiger partial charge < -0.3 is 19.7 Å². The molecule has 0 radical (unpaired) electrons. The van der Waals surface area contributed by atoms with E-state index in [4.69, 9.17) is 4.74 Å². The highest BCUT2D eigenvalue weighted by Crippen LogP contribution is 2.43. The van der Waals surface area contributed by atoms with Crippen LogP contribution in [0.25, 0.3) is 16.8 Å². The molecule has 5 rings (SSSR count). The van der Waals surface area contributed by atoms with Gasteiger partial charge in [-0.15, -0.1) is 0 Å². The maximum atomic E-state index is 13.7. The predicted octanol–water partition coefficient (Wildman–Crippen LogP) is 6.48. The Labute approximate surface area is 240 Å². The second-order valence-electron chi connectivity index (χ2n) is 10.6. The second-order valence-corrected chi connectivity index (χ2v) is 10.6. The molecule has 1 aliphatic heterocycles. The first-order chi connectivity index (χ1) is 19.7. The number of ketones is 1. The van der Waals surface area contributed by atoms with Gasteiger partial charge in [-0.05, 0) is 79.8 Å². The average Bonchev–Trinajstić information content (AvgIpc) is 3.51. The summed E-state index contributed by atoms with van der Waals surface area (Å²) in [6, 6.07) is 18.1. The number of carbonyl (C=O) groups excluding carboxylic acids is 2. The van der Waals surface area contributed by atoms with Crippen LogP contribution in [0.4, 0.5) is 11.6 Å². The minimum absolute atomic E-state index is 0.0222. The molecule has 0 spiro atoms. The summed E-state index contributed by atoms with van der Waals surface area (Å²) >= 11 is 0. The smallest absolute Gasteiger partial charge is 0.302 e. The highest BCUT2D eigenvalue weighted by molar-refractivity contribution is 6.51. The van der Waals surface area contributed by atoms with Crippen molar-refractivity contribution in [1.82, 2.24) is 9.97 Å². The number of nitrogens with one attached hydrogen (secondary N) is 1. The summed E-state index contributed by atoms with van der Waals surface area (Å²) < 4.78 is 5.59. The van der Waals surface area contributed by atoms with Crippen LogP contribution in [-0.4, -0.2) is 47.0 Å². The number of para-hydroxylation sites is 2. The van der Waals surface area contributed by atoms with Crippen LogP contribution < -0.4 is 14.5 Å². The van der Waals surface area contributed by atoms with E-state index in [1.165, 1.54) is 4.90 Å². The van der Waals surface area contributed by atoms with Gasteiger partial charge in [-0.3, -0.25) is 14.5 Å². The van der Waals surface area contributed by atoms with Gasteiger partial charge in [0.2, 0.25) is 5.95 Å². The van der Waals surface area contributed by atoms with E-state index in [2.05, 4.69) is 28.7 Å². The van der Waals surface area contributed by atoms with Gasteiger partial charge in [-0.25, -0.2) is 4.98 Å². The highest BCUT2D eigenvalue weighted by atomic mass is 16.5. The summed E-state index contributed by atoms with van der Waals surface area (Å²) in [6.45, 7) is 11.8. The molecule has 8 nitrogen and oxygen atoms in total. The number of benzene rings is 3. The number of amides is 1. The molecule has 1 amide bonds. The summed E-state index contributed by atoms with van der Waals surface area (Å²) in [5.41, 5.74) is 5.28. The standard InChI is InChI=1S/C33H36N4O4/c1-7-36(8-2)22-15-13-21(14-16-22)29-28(30(38)24-18-23(19(3)4)27(41-6)17-20(24)5)31(39)32(40)37(29)33-34-25-11-9-10-12-26(25)35-33/h9-19,29,38H,7-8H2,1-6H3,(H,34,35)/b30-28+. The number of imidazole rings is 1. The molecule has 0 aliphatic carbocycles. The van der Waals surface area contributed by atoms with Crippen molar-refractivity contribution in [2.24, 2.45) is 0 Å². The van der Waals surface area contributed by atoms with Gasteiger partial charge in [0.25, 0.3) is 5.78 Å². The Hall–Kier alpha value is -4.59. The number of fused-ring (bicyclic) bond motifs is 1. The number of nitrogens with zero attached hydrogens (tertiary/aromatic N) is 3. The average molecular weight is 553 g/mol. The molecule has 4 aromatic rings. The van der Waals surface area contributed by atoms with E-state index in [0.717, 1.165) is 35.4 Å². The lowest BCUT2D eigenvalue weighted by Crippen LogP contribution is -2.30. The fourth-order valence-electron chi connectivity index (χ4n) is 5.60. The molecule has 2 heterocycles.